The Balaban J connectivity index is 1.43. The maximum Gasteiger partial charge on any atom is 0.273 e. The molecule has 2 aliphatic heterocycles. The molecule has 4 rings (SSSR count). The Morgan fingerprint density at radius 2 is 1.96 bits per heavy atom. The van der Waals surface area contributed by atoms with Crippen molar-refractivity contribution in [3.05, 3.63) is 52.5 Å². The summed E-state index contributed by atoms with van der Waals surface area (Å²) in [7, 11) is 0. The molecule has 0 spiro atoms. The molecule has 0 aliphatic carbocycles. The monoisotopic (exact) mass is 341 g/mol. The molecule has 2 fully saturated rings. The molecule has 0 radical (unpaired) electrons. The van der Waals surface area contributed by atoms with E-state index in [4.69, 9.17) is 0 Å². The second-order valence-electron chi connectivity index (χ2n) is 6.57. The predicted octanol–water partition coefficient (Wildman–Crippen LogP) is 2.26. The lowest BCUT2D eigenvalue weighted by Gasteiger charge is -2.34. The standard InChI is InChI=1S/C18H19N3O2S/c22-17-6-14-8-21(18(23)16-11-24-12-19-16)10-15(14)9-20(17)7-13-4-2-1-3-5-13/h1-5,11-12,14-15H,6-10H2/t14-,15+/m0/s1. The maximum absolute atomic E-state index is 12.5. The van der Waals surface area contributed by atoms with Gasteiger partial charge in [0.2, 0.25) is 5.91 Å². The fourth-order valence-corrected chi connectivity index (χ4v) is 4.24. The van der Waals surface area contributed by atoms with E-state index < -0.39 is 0 Å². The lowest BCUT2D eigenvalue weighted by Crippen LogP contribution is -2.43. The van der Waals surface area contributed by atoms with Crippen LogP contribution in [-0.4, -0.2) is 46.2 Å². The van der Waals surface area contributed by atoms with E-state index in [2.05, 4.69) is 4.98 Å². The third-order valence-electron chi connectivity index (χ3n) is 4.98. The van der Waals surface area contributed by atoms with Gasteiger partial charge in [-0.05, 0) is 17.4 Å². The Hall–Kier alpha value is -2.21. The summed E-state index contributed by atoms with van der Waals surface area (Å²) in [5.74, 6) is 0.844. The minimum absolute atomic E-state index is 0.00675. The number of piperidine rings is 1. The zero-order valence-corrected chi connectivity index (χ0v) is 14.1. The van der Waals surface area contributed by atoms with Crippen LogP contribution in [0, 0.1) is 11.8 Å². The van der Waals surface area contributed by atoms with Crippen molar-refractivity contribution in [2.45, 2.75) is 13.0 Å². The van der Waals surface area contributed by atoms with Crippen LogP contribution in [0.3, 0.4) is 0 Å². The summed E-state index contributed by atoms with van der Waals surface area (Å²) in [5, 5.41) is 1.79. The van der Waals surface area contributed by atoms with Gasteiger partial charge in [-0.1, -0.05) is 30.3 Å². The highest BCUT2D eigenvalue weighted by Crippen LogP contribution is 2.33. The smallest absolute Gasteiger partial charge is 0.273 e. The maximum atomic E-state index is 12.5. The van der Waals surface area contributed by atoms with Crippen molar-refractivity contribution in [1.82, 2.24) is 14.8 Å². The van der Waals surface area contributed by atoms with Crippen molar-refractivity contribution >= 4 is 23.2 Å². The third kappa shape index (κ3) is 2.94. The molecule has 1 aromatic carbocycles. The van der Waals surface area contributed by atoms with Crippen molar-refractivity contribution in [3.8, 4) is 0 Å². The summed E-state index contributed by atoms with van der Waals surface area (Å²) in [6.07, 6.45) is 0.540. The van der Waals surface area contributed by atoms with Crippen molar-refractivity contribution in [2.24, 2.45) is 11.8 Å². The van der Waals surface area contributed by atoms with E-state index in [1.165, 1.54) is 11.3 Å². The van der Waals surface area contributed by atoms with Crippen LogP contribution in [-0.2, 0) is 11.3 Å². The Morgan fingerprint density at radius 3 is 2.71 bits per heavy atom. The highest BCUT2D eigenvalue weighted by atomic mass is 32.1. The first-order valence-electron chi connectivity index (χ1n) is 8.20. The number of rotatable bonds is 3. The van der Waals surface area contributed by atoms with Crippen LogP contribution in [0.1, 0.15) is 22.5 Å². The third-order valence-corrected chi connectivity index (χ3v) is 5.56. The molecule has 2 amide bonds. The molecule has 5 nitrogen and oxygen atoms in total. The van der Waals surface area contributed by atoms with E-state index in [0.29, 0.717) is 31.1 Å². The minimum atomic E-state index is -0.00675. The first-order chi connectivity index (χ1) is 11.7. The Morgan fingerprint density at radius 1 is 1.17 bits per heavy atom. The highest BCUT2D eigenvalue weighted by Gasteiger charge is 2.42. The number of nitrogens with zero attached hydrogens (tertiary/aromatic N) is 3. The van der Waals surface area contributed by atoms with Crippen molar-refractivity contribution in [2.75, 3.05) is 19.6 Å². The fraction of sp³-hybridized carbons (Fsp3) is 0.389. The van der Waals surface area contributed by atoms with E-state index in [0.717, 1.165) is 18.7 Å². The van der Waals surface area contributed by atoms with Gasteiger partial charge in [-0.15, -0.1) is 11.3 Å². The lowest BCUT2D eigenvalue weighted by molar-refractivity contribution is -0.136. The molecule has 124 valence electrons. The van der Waals surface area contributed by atoms with E-state index >= 15 is 0 Å². The summed E-state index contributed by atoms with van der Waals surface area (Å²) < 4.78 is 0. The van der Waals surface area contributed by atoms with Crippen LogP contribution in [0.2, 0.25) is 0 Å². The number of amides is 2. The molecule has 0 bridgehead atoms. The van der Waals surface area contributed by atoms with Gasteiger partial charge in [-0.25, -0.2) is 4.98 Å². The van der Waals surface area contributed by atoms with Gasteiger partial charge in [-0.2, -0.15) is 0 Å². The van der Waals surface area contributed by atoms with Crippen molar-refractivity contribution in [1.29, 1.82) is 0 Å². The van der Waals surface area contributed by atoms with Gasteiger partial charge in [0, 0.05) is 38.0 Å². The van der Waals surface area contributed by atoms with Crippen LogP contribution in [0.5, 0.6) is 0 Å². The molecule has 2 aliphatic rings. The summed E-state index contributed by atoms with van der Waals surface area (Å²) in [5.41, 5.74) is 3.35. The lowest BCUT2D eigenvalue weighted by atomic mass is 9.88. The molecule has 0 N–H and O–H groups in total. The number of carbonyl (C=O) groups excluding carboxylic acids is 2. The molecule has 6 heteroatoms. The van der Waals surface area contributed by atoms with E-state index in [1.807, 2.05) is 40.1 Å². The first-order valence-corrected chi connectivity index (χ1v) is 9.14. The number of benzene rings is 1. The molecule has 2 aromatic rings. The zero-order chi connectivity index (χ0) is 16.5. The Labute approximate surface area is 144 Å². The van der Waals surface area contributed by atoms with Gasteiger partial charge in [0.15, 0.2) is 0 Å². The van der Waals surface area contributed by atoms with Gasteiger partial charge in [0.1, 0.15) is 5.69 Å². The van der Waals surface area contributed by atoms with Crippen LogP contribution >= 0.6 is 11.3 Å². The van der Waals surface area contributed by atoms with E-state index in [9.17, 15) is 9.59 Å². The Kier molecular flexibility index (Phi) is 4.06. The molecule has 2 saturated heterocycles. The number of hydrogen-bond acceptors (Lipinski definition) is 4. The molecule has 3 heterocycles. The topological polar surface area (TPSA) is 53.5 Å². The van der Waals surface area contributed by atoms with Gasteiger partial charge < -0.3 is 9.80 Å². The minimum Gasteiger partial charge on any atom is -0.338 e. The molecular weight excluding hydrogens is 322 g/mol. The number of likely N-dealkylation sites (tertiary alicyclic amines) is 2. The second kappa shape index (κ2) is 6.36. The number of thiazole rings is 1. The van der Waals surface area contributed by atoms with Crippen LogP contribution in [0.15, 0.2) is 41.2 Å². The normalized spacial score (nSPS) is 23.4. The number of fused-ring (bicyclic) bond motifs is 1. The average molecular weight is 341 g/mol. The largest absolute Gasteiger partial charge is 0.338 e. The average Bonchev–Trinajstić information content (AvgIpc) is 3.25. The van der Waals surface area contributed by atoms with Gasteiger partial charge >= 0.3 is 0 Å². The number of aromatic nitrogens is 1. The van der Waals surface area contributed by atoms with Gasteiger partial charge in [0.05, 0.1) is 5.51 Å². The summed E-state index contributed by atoms with van der Waals surface area (Å²) in [4.78, 5) is 32.9. The van der Waals surface area contributed by atoms with Gasteiger partial charge in [0.25, 0.3) is 5.91 Å². The highest BCUT2D eigenvalue weighted by molar-refractivity contribution is 7.07. The molecule has 2 atom stereocenters. The van der Waals surface area contributed by atoms with Gasteiger partial charge in [-0.3, -0.25) is 9.59 Å². The number of carbonyl (C=O) groups is 2. The molecule has 24 heavy (non-hydrogen) atoms. The first kappa shape index (κ1) is 15.3. The second-order valence-corrected chi connectivity index (χ2v) is 7.29. The Bertz CT molecular complexity index is 732. The molecule has 0 unspecified atom stereocenters. The summed E-state index contributed by atoms with van der Waals surface area (Å²) in [6.45, 7) is 2.79. The molecule has 1 aromatic heterocycles. The van der Waals surface area contributed by atoms with Crippen LogP contribution < -0.4 is 0 Å². The van der Waals surface area contributed by atoms with Crippen molar-refractivity contribution in [3.63, 3.8) is 0 Å². The van der Waals surface area contributed by atoms with E-state index in [1.54, 1.807) is 10.9 Å². The predicted molar refractivity (Wildman–Crippen MR) is 91.5 cm³/mol. The molecular formula is C18H19N3O2S. The fourth-order valence-electron chi connectivity index (χ4n) is 3.72. The summed E-state index contributed by atoms with van der Waals surface area (Å²) >= 11 is 1.43. The van der Waals surface area contributed by atoms with Crippen LogP contribution in [0.25, 0.3) is 0 Å². The number of hydrogen-bond donors (Lipinski definition) is 0. The van der Waals surface area contributed by atoms with Crippen LogP contribution in [0.4, 0.5) is 0 Å². The summed E-state index contributed by atoms with van der Waals surface area (Å²) in [6, 6.07) is 10.1. The van der Waals surface area contributed by atoms with E-state index in [-0.39, 0.29) is 17.7 Å². The molecule has 0 saturated carbocycles. The SMILES string of the molecule is O=C1C[C@H]2CN(C(=O)c3cscn3)C[C@H]2CN1Cc1ccccc1. The quantitative estimate of drug-likeness (QED) is 0.860. The van der Waals surface area contributed by atoms with Crippen molar-refractivity contribution < 1.29 is 9.59 Å². The zero-order valence-electron chi connectivity index (χ0n) is 13.3.